The van der Waals surface area contributed by atoms with Crippen LogP contribution in [0.1, 0.15) is 68.3 Å². The van der Waals surface area contributed by atoms with E-state index < -0.39 is 0 Å². The van der Waals surface area contributed by atoms with Crippen molar-refractivity contribution in [2.24, 2.45) is 0 Å². The Morgan fingerprint density at radius 1 is 1.05 bits per heavy atom. The van der Waals surface area contributed by atoms with E-state index in [9.17, 15) is 4.79 Å². The zero-order valence-corrected chi connectivity index (χ0v) is 14.3. The molecule has 0 aromatic heterocycles. The highest BCUT2D eigenvalue weighted by Crippen LogP contribution is 2.13. The molecule has 0 amide bonds. The van der Waals surface area contributed by atoms with Crippen molar-refractivity contribution in [3.8, 4) is 0 Å². The average Bonchev–Trinajstić information content (AvgIpc) is 2.53. The molecule has 0 saturated carbocycles. The first-order valence-electron chi connectivity index (χ1n) is 8.50. The fourth-order valence-corrected chi connectivity index (χ4v) is 2.39. The first kappa shape index (κ1) is 18.7. The summed E-state index contributed by atoms with van der Waals surface area (Å²) in [6, 6.07) is 7.77. The molecule has 0 aliphatic carbocycles. The normalized spacial score (nSPS) is 12.1. The van der Waals surface area contributed by atoms with Gasteiger partial charge in [-0.2, -0.15) is 0 Å². The van der Waals surface area contributed by atoms with Gasteiger partial charge < -0.3 is 9.47 Å². The van der Waals surface area contributed by atoms with Gasteiger partial charge in [-0.3, -0.25) is 0 Å². The fraction of sp³-hybridized carbons (Fsp3) is 0.632. The molecule has 1 aromatic rings. The Bertz CT molecular complexity index is 411. The van der Waals surface area contributed by atoms with Crippen molar-refractivity contribution in [2.45, 2.75) is 64.9 Å². The quantitative estimate of drug-likeness (QED) is 0.436. The number of hydrogen-bond acceptors (Lipinski definition) is 3. The average molecular weight is 306 g/mol. The number of esters is 1. The molecule has 1 aromatic carbocycles. The van der Waals surface area contributed by atoms with Gasteiger partial charge in [0.2, 0.25) is 0 Å². The summed E-state index contributed by atoms with van der Waals surface area (Å²) in [7, 11) is 1.64. The second-order valence-corrected chi connectivity index (χ2v) is 5.78. The first-order valence-corrected chi connectivity index (χ1v) is 8.50. The summed E-state index contributed by atoms with van der Waals surface area (Å²) in [5.74, 6) is -0.249. The van der Waals surface area contributed by atoms with Gasteiger partial charge in [-0.05, 0) is 43.4 Å². The molecule has 0 aliphatic rings. The molecular formula is C19H30O3. The molecular weight excluding hydrogens is 276 g/mol. The van der Waals surface area contributed by atoms with Crippen LogP contribution >= 0.6 is 0 Å². The highest BCUT2D eigenvalue weighted by Gasteiger charge is 2.15. The Morgan fingerprint density at radius 3 is 2.32 bits per heavy atom. The third kappa shape index (κ3) is 7.08. The topological polar surface area (TPSA) is 35.5 Å². The Morgan fingerprint density at radius 2 is 1.73 bits per heavy atom. The Kier molecular flexibility index (Phi) is 9.56. The number of aryl methyl sites for hydroxylation is 1. The minimum absolute atomic E-state index is 0.149. The molecule has 3 heteroatoms. The molecule has 0 bridgehead atoms. The molecule has 0 aliphatic heterocycles. The summed E-state index contributed by atoms with van der Waals surface area (Å²) in [6.07, 6.45) is 7.52. The maximum absolute atomic E-state index is 12.2. The van der Waals surface area contributed by atoms with Crippen LogP contribution in [0.15, 0.2) is 24.3 Å². The molecule has 1 atom stereocenters. The van der Waals surface area contributed by atoms with E-state index in [2.05, 4.69) is 13.8 Å². The highest BCUT2D eigenvalue weighted by molar-refractivity contribution is 5.89. The summed E-state index contributed by atoms with van der Waals surface area (Å²) >= 11 is 0. The summed E-state index contributed by atoms with van der Waals surface area (Å²) in [5, 5.41) is 0. The molecule has 3 nitrogen and oxygen atoms in total. The summed E-state index contributed by atoms with van der Waals surface area (Å²) in [5.41, 5.74) is 1.90. The first-order chi connectivity index (χ1) is 10.7. The number of benzene rings is 1. The van der Waals surface area contributed by atoms with E-state index in [0.717, 1.165) is 32.1 Å². The van der Waals surface area contributed by atoms with E-state index in [-0.39, 0.29) is 12.1 Å². The van der Waals surface area contributed by atoms with Crippen molar-refractivity contribution in [3.05, 3.63) is 35.4 Å². The van der Waals surface area contributed by atoms with Gasteiger partial charge >= 0.3 is 5.97 Å². The van der Waals surface area contributed by atoms with Gasteiger partial charge in [0.25, 0.3) is 0 Å². The summed E-state index contributed by atoms with van der Waals surface area (Å²) in [4.78, 5) is 12.2. The predicted molar refractivity (Wildman–Crippen MR) is 90.3 cm³/mol. The van der Waals surface area contributed by atoms with Crippen LogP contribution in [0.2, 0.25) is 0 Å². The molecule has 0 heterocycles. The van der Waals surface area contributed by atoms with Crippen LogP contribution in [0.4, 0.5) is 0 Å². The Balaban J connectivity index is 2.53. The molecule has 1 rings (SSSR count). The predicted octanol–water partition coefficient (Wildman–Crippen LogP) is 4.78. The maximum atomic E-state index is 12.2. The maximum Gasteiger partial charge on any atom is 0.338 e. The minimum atomic E-state index is -0.249. The third-order valence-corrected chi connectivity index (χ3v) is 3.76. The van der Waals surface area contributed by atoms with E-state index in [1.807, 2.05) is 24.3 Å². The van der Waals surface area contributed by atoms with Crippen molar-refractivity contribution in [1.29, 1.82) is 0 Å². The lowest BCUT2D eigenvalue weighted by molar-refractivity contribution is 0.00241. The zero-order chi connectivity index (χ0) is 16.2. The Labute approximate surface area is 135 Å². The number of methoxy groups -OCH3 is 1. The lowest BCUT2D eigenvalue weighted by atomic mass is 10.1. The van der Waals surface area contributed by atoms with Gasteiger partial charge in [0.15, 0.2) is 0 Å². The van der Waals surface area contributed by atoms with Gasteiger partial charge in [0, 0.05) is 7.11 Å². The molecule has 22 heavy (non-hydrogen) atoms. The molecule has 1 unspecified atom stereocenters. The lowest BCUT2D eigenvalue weighted by Gasteiger charge is -2.17. The van der Waals surface area contributed by atoms with Crippen molar-refractivity contribution >= 4 is 5.97 Å². The lowest BCUT2D eigenvalue weighted by Crippen LogP contribution is -2.23. The van der Waals surface area contributed by atoms with Gasteiger partial charge in [0.05, 0.1) is 12.2 Å². The van der Waals surface area contributed by atoms with Crippen LogP contribution < -0.4 is 0 Å². The van der Waals surface area contributed by atoms with Crippen LogP contribution in [-0.2, 0) is 15.9 Å². The second kappa shape index (κ2) is 11.2. The van der Waals surface area contributed by atoms with Gasteiger partial charge in [0.1, 0.15) is 6.10 Å². The number of unbranched alkanes of at least 4 members (excludes halogenated alkanes) is 3. The zero-order valence-electron chi connectivity index (χ0n) is 14.3. The van der Waals surface area contributed by atoms with Crippen LogP contribution in [0, 0.1) is 0 Å². The van der Waals surface area contributed by atoms with Gasteiger partial charge in [-0.25, -0.2) is 4.79 Å². The van der Waals surface area contributed by atoms with E-state index in [0.29, 0.717) is 12.2 Å². The number of hydrogen-bond donors (Lipinski definition) is 0. The van der Waals surface area contributed by atoms with Crippen LogP contribution in [-0.4, -0.2) is 25.8 Å². The van der Waals surface area contributed by atoms with Crippen molar-refractivity contribution in [2.75, 3.05) is 13.7 Å². The van der Waals surface area contributed by atoms with Gasteiger partial charge in [-0.15, -0.1) is 0 Å². The van der Waals surface area contributed by atoms with Gasteiger partial charge in [-0.1, -0.05) is 45.2 Å². The molecule has 0 fully saturated rings. The number of carbonyl (C=O) groups is 1. The largest absolute Gasteiger partial charge is 0.456 e. The highest BCUT2D eigenvalue weighted by atomic mass is 16.6. The molecule has 0 saturated heterocycles. The third-order valence-electron chi connectivity index (χ3n) is 3.76. The van der Waals surface area contributed by atoms with Crippen molar-refractivity contribution < 1.29 is 14.3 Å². The number of carbonyl (C=O) groups excluding carboxylic acids is 1. The SMILES string of the molecule is CCCCCC(COC)OC(=O)c1ccc(CCCC)cc1. The standard InChI is InChI=1S/C19H30O3/c1-4-6-8-10-18(15-21-3)22-19(20)17-13-11-16(12-14-17)9-7-5-2/h11-14,18H,4-10,15H2,1-3H3. The van der Waals surface area contributed by atoms with E-state index in [1.165, 1.54) is 18.4 Å². The fourth-order valence-electron chi connectivity index (χ4n) is 2.39. The van der Waals surface area contributed by atoms with Crippen LogP contribution in [0.3, 0.4) is 0 Å². The molecule has 0 radical (unpaired) electrons. The molecule has 0 spiro atoms. The van der Waals surface area contributed by atoms with E-state index >= 15 is 0 Å². The monoisotopic (exact) mass is 306 g/mol. The number of ether oxygens (including phenoxy) is 2. The summed E-state index contributed by atoms with van der Waals surface area (Å²) in [6.45, 7) is 4.81. The summed E-state index contributed by atoms with van der Waals surface area (Å²) < 4.78 is 10.7. The number of rotatable bonds is 11. The van der Waals surface area contributed by atoms with E-state index in [1.54, 1.807) is 7.11 Å². The molecule has 124 valence electrons. The van der Waals surface area contributed by atoms with Crippen LogP contribution in [0.5, 0.6) is 0 Å². The van der Waals surface area contributed by atoms with Crippen LogP contribution in [0.25, 0.3) is 0 Å². The van der Waals surface area contributed by atoms with Crippen molar-refractivity contribution in [3.63, 3.8) is 0 Å². The minimum Gasteiger partial charge on any atom is -0.456 e. The van der Waals surface area contributed by atoms with Crippen molar-refractivity contribution in [1.82, 2.24) is 0 Å². The van der Waals surface area contributed by atoms with E-state index in [4.69, 9.17) is 9.47 Å². The molecule has 0 N–H and O–H groups in total. The Hall–Kier alpha value is -1.35. The smallest absolute Gasteiger partial charge is 0.338 e. The second-order valence-electron chi connectivity index (χ2n) is 5.78.